The predicted octanol–water partition coefficient (Wildman–Crippen LogP) is 6.97. The number of hydrogen-bond acceptors (Lipinski definition) is 3. The van der Waals surface area contributed by atoms with Crippen LogP contribution in [0.4, 0.5) is 0 Å². The Morgan fingerprint density at radius 3 is 2.11 bits per heavy atom. The minimum atomic E-state index is -0.435. The fourth-order valence-electron chi connectivity index (χ4n) is 3.24. The summed E-state index contributed by atoms with van der Waals surface area (Å²) < 4.78 is 17.0. The van der Waals surface area contributed by atoms with E-state index < -0.39 is 5.79 Å². The zero-order valence-corrected chi connectivity index (χ0v) is 18.2. The Balaban J connectivity index is 1.75. The van der Waals surface area contributed by atoms with Gasteiger partial charge in [0, 0.05) is 6.61 Å². The molecule has 0 aromatic rings. The Hall–Kier alpha value is -0.640. The molecule has 27 heavy (non-hydrogen) atoms. The van der Waals surface area contributed by atoms with E-state index in [2.05, 4.69) is 31.2 Å². The highest BCUT2D eigenvalue weighted by Crippen LogP contribution is 2.22. The van der Waals surface area contributed by atoms with E-state index in [0.29, 0.717) is 13.2 Å². The van der Waals surface area contributed by atoms with Crippen LogP contribution in [0.2, 0.25) is 0 Å². The number of allylic oxidation sites excluding steroid dienone is 4. The molecule has 1 rings (SSSR count). The lowest BCUT2D eigenvalue weighted by Crippen LogP contribution is -2.24. The van der Waals surface area contributed by atoms with Gasteiger partial charge in [-0.3, -0.25) is 0 Å². The minimum Gasteiger partial charge on any atom is -0.379 e. The topological polar surface area (TPSA) is 27.7 Å². The Bertz CT molecular complexity index is 387. The van der Waals surface area contributed by atoms with Crippen molar-refractivity contribution in [3.8, 4) is 0 Å². The quantitative estimate of drug-likeness (QED) is 0.201. The molecule has 1 atom stereocenters. The maximum absolute atomic E-state index is 5.73. The number of unbranched alkanes of at least 4 members (excludes halogenated alkanes) is 9. The normalized spacial score (nSPS) is 19.6. The second kappa shape index (κ2) is 16.3. The molecule has 3 heteroatoms. The summed E-state index contributed by atoms with van der Waals surface area (Å²) in [6.45, 7) is 8.31. The van der Waals surface area contributed by atoms with Crippen LogP contribution in [0, 0.1) is 0 Å². The van der Waals surface area contributed by atoms with Crippen molar-refractivity contribution < 1.29 is 14.2 Å². The van der Waals surface area contributed by atoms with Crippen LogP contribution >= 0.6 is 0 Å². The summed E-state index contributed by atoms with van der Waals surface area (Å²) in [5.74, 6) is -0.435. The largest absolute Gasteiger partial charge is 0.379 e. The lowest BCUT2D eigenvalue weighted by Gasteiger charge is -2.17. The van der Waals surface area contributed by atoms with E-state index >= 15 is 0 Å². The fourth-order valence-corrected chi connectivity index (χ4v) is 3.24. The van der Waals surface area contributed by atoms with E-state index in [1.807, 2.05) is 13.8 Å². The molecule has 0 N–H and O–H groups in total. The van der Waals surface area contributed by atoms with Gasteiger partial charge < -0.3 is 14.2 Å². The van der Waals surface area contributed by atoms with Gasteiger partial charge >= 0.3 is 0 Å². The van der Waals surface area contributed by atoms with Crippen molar-refractivity contribution in [2.45, 2.75) is 110 Å². The summed E-state index contributed by atoms with van der Waals surface area (Å²) >= 11 is 0. The van der Waals surface area contributed by atoms with Gasteiger partial charge in [0.05, 0.1) is 13.2 Å². The summed E-state index contributed by atoms with van der Waals surface area (Å²) in [4.78, 5) is 0. The third kappa shape index (κ3) is 15.0. The number of hydrogen-bond donors (Lipinski definition) is 0. The van der Waals surface area contributed by atoms with Crippen molar-refractivity contribution in [1.82, 2.24) is 0 Å². The third-order valence-electron chi connectivity index (χ3n) is 4.86. The highest BCUT2D eigenvalue weighted by Gasteiger charge is 2.32. The number of ether oxygens (including phenoxy) is 3. The average molecular weight is 381 g/mol. The Labute approximate surface area is 168 Å². The first-order chi connectivity index (χ1) is 13.1. The van der Waals surface area contributed by atoms with Crippen LogP contribution in [0.5, 0.6) is 0 Å². The molecule has 1 saturated heterocycles. The van der Waals surface area contributed by atoms with Crippen LogP contribution in [-0.4, -0.2) is 31.7 Å². The molecule has 0 saturated carbocycles. The van der Waals surface area contributed by atoms with Crippen molar-refractivity contribution >= 4 is 0 Å². The van der Waals surface area contributed by atoms with E-state index in [9.17, 15) is 0 Å². The summed E-state index contributed by atoms with van der Waals surface area (Å²) in [5, 5.41) is 0. The lowest BCUT2D eigenvalue weighted by atomic mass is 10.1. The van der Waals surface area contributed by atoms with Gasteiger partial charge in [-0.25, -0.2) is 0 Å². The molecule has 0 amide bonds. The molecule has 3 nitrogen and oxygen atoms in total. The summed E-state index contributed by atoms with van der Waals surface area (Å²) in [6.07, 6.45) is 24.7. The first-order valence-corrected chi connectivity index (χ1v) is 11.3. The molecule has 0 bridgehead atoms. The summed E-state index contributed by atoms with van der Waals surface area (Å²) in [6, 6.07) is 0. The molecule has 1 heterocycles. The molecule has 1 fully saturated rings. The second-order valence-corrected chi connectivity index (χ2v) is 8.11. The molecule has 0 aliphatic carbocycles. The van der Waals surface area contributed by atoms with Crippen LogP contribution in [-0.2, 0) is 14.2 Å². The van der Waals surface area contributed by atoms with Gasteiger partial charge in [0.1, 0.15) is 6.10 Å². The molecule has 0 aromatic carbocycles. The predicted molar refractivity (Wildman–Crippen MR) is 115 cm³/mol. The molecule has 1 aliphatic heterocycles. The van der Waals surface area contributed by atoms with E-state index in [1.54, 1.807) is 0 Å². The monoisotopic (exact) mass is 380 g/mol. The molecular formula is C24H44O3. The molecule has 0 aromatic heterocycles. The Morgan fingerprint density at radius 1 is 0.852 bits per heavy atom. The van der Waals surface area contributed by atoms with Crippen LogP contribution in [0.1, 0.15) is 97.8 Å². The third-order valence-corrected chi connectivity index (χ3v) is 4.86. The van der Waals surface area contributed by atoms with Gasteiger partial charge in [-0.1, -0.05) is 76.2 Å². The van der Waals surface area contributed by atoms with Crippen molar-refractivity contribution in [2.24, 2.45) is 0 Å². The lowest BCUT2D eigenvalue weighted by molar-refractivity contribution is -0.145. The van der Waals surface area contributed by atoms with Gasteiger partial charge in [0.2, 0.25) is 0 Å². The molecule has 1 unspecified atom stereocenters. The van der Waals surface area contributed by atoms with E-state index in [4.69, 9.17) is 14.2 Å². The van der Waals surface area contributed by atoms with E-state index in [-0.39, 0.29) is 6.10 Å². The standard InChI is InChI=1S/C24H44O3/c1-4-5-6-7-8-9-10-11-12-13-14-15-16-17-18-19-20-25-21-23-22-26-24(2,3)27-23/h7-8,10-11,23H,4-6,9,12-22H2,1-3H3/b8-7-,11-10-. The fraction of sp³-hybridized carbons (Fsp3) is 0.833. The van der Waals surface area contributed by atoms with Crippen LogP contribution in [0.3, 0.4) is 0 Å². The molecule has 1 aliphatic rings. The summed E-state index contributed by atoms with van der Waals surface area (Å²) in [5.41, 5.74) is 0. The molecule has 158 valence electrons. The van der Waals surface area contributed by atoms with Crippen LogP contribution in [0.15, 0.2) is 24.3 Å². The number of rotatable bonds is 17. The Morgan fingerprint density at radius 2 is 1.48 bits per heavy atom. The highest BCUT2D eigenvalue weighted by atomic mass is 16.7. The molecule has 0 radical (unpaired) electrons. The van der Waals surface area contributed by atoms with Gasteiger partial charge in [-0.2, -0.15) is 0 Å². The average Bonchev–Trinajstić information content (AvgIpc) is 2.99. The van der Waals surface area contributed by atoms with Crippen molar-refractivity contribution in [3.05, 3.63) is 24.3 Å². The van der Waals surface area contributed by atoms with Crippen molar-refractivity contribution in [1.29, 1.82) is 0 Å². The van der Waals surface area contributed by atoms with E-state index in [1.165, 1.54) is 64.2 Å². The summed E-state index contributed by atoms with van der Waals surface area (Å²) in [7, 11) is 0. The zero-order chi connectivity index (χ0) is 19.6. The van der Waals surface area contributed by atoms with Gasteiger partial charge in [-0.15, -0.1) is 0 Å². The minimum absolute atomic E-state index is 0.103. The van der Waals surface area contributed by atoms with Gasteiger partial charge in [0.25, 0.3) is 0 Å². The molecular weight excluding hydrogens is 336 g/mol. The smallest absolute Gasteiger partial charge is 0.163 e. The first-order valence-electron chi connectivity index (χ1n) is 11.3. The van der Waals surface area contributed by atoms with E-state index in [0.717, 1.165) is 19.4 Å². The maximum Gasteiger partial charge on any atom is 0.163 e. The SMILES string of the molecule is CCCC/C=C\C/C=C\CCCCCCCCCOCC1COC(C)(C)O1. The Kier molecular flexibility index (Phi) is 14.8. The second-order valence-electron chi connectivity index (χ2n) is 8.11. The highest BCUT2D eigenvalue weighted by molar-refractivity contribution is 4.92. The molecule has 0 spiro atoms. The first kappa shape index (κ1) is 24.4. The maximum atomic E-state index is 5.73. The van der Waals surface area contributed by atoms with Gasteiger partial charge in [-0.05, 0) is 46.0 Å². The van der Waals surface area contributed by atoms with Crippen molar-refractivity contribution in [2.75, 3.05) is 19.8 Å². The van der Waals surface area contributed by atoms with Crippen LogP contribution in [0.25, 0.3) is 0 Å². The van der Waals surface area contributed by atoms with Crippen LogP contribution < -0.4 is 0 Å². The zero-order valence-electron chi connectivity index (χ0n) is 18.2. The van der Waals surface area contributed by atoms with Crippen molar-refractivity contribution in [3.63, 3.8) is 0 Å². The van der Waals surface area contributed by atoms with Gasteiger partial charge in [0.15, 0.2) is 5.79 Å².